The summed E-state index contributed by atoms with van der Waals surface area (Å²) >= 11 is 0. The molecule has 0 saturated carbocycles. The van der Waals surface area contributed by atoms with E-state index in [0.717, 1.165) is 37.9 Å². The predicted octanol–water partition coefficient (Wildman–Crippen LogP) is 4.84. The van der Waals surface area contributed by atoms with E-state index in [2.05, 4.69) is 108 Å². The third-order valence-electron chi connectivity index (χ3n) is 5.96. The first-order valence-electron chi connectivity index (χ1n) is 10.9. The summed E-state index contributed by atoms with van der Waals surface area (Å²) in [7, 11) is 0. The van der Waals surface area contributed by atoms with Gasteiger partial charge in [0.1, 0.15) is 0 Å². The maximum absolute atomic E-state index is 5.60. The van der Waals surface area contributed by atoms with Gasteiger partial charge in [0.25, 0.3) is 0 Å². The first-order valence-corrected chi connectivity index (χ1v) is 10.9. The van der Waals surface area contributed by atoms with Crippen molar-refractivity contribution in [1.82, 2.24) is 19.9 Å². The highest BCUT2D eigenvalue weighted by molar-refractivity contribution is 5.32. The Hall–Kier alpha value is -2.50. The fourth-order valence-corrected chi connectivity index (χ4v) is 4.13. The number of rotatable bonds is 5. The van der Waals surface area contributed by atoms with Crippen LogP contribution in [0.25, 0.3) is 0 Å². The van der Waals surface area contributed by atoms with Crippen LogP contribution in [0.4, 0.5) is 0 Å². The minimum absolute atomic E-state index is 0.0985. The van der Waals surface area contributed by atoms with Crippen LogP contribution in [0.2, 0.25) is 0 Å². The molecule has 0 bridgehead atoms. The van der Waals surface area contributed by atoms with Crippen LogP contribution in [0.5, 0.6) is 0 Å². The number of nitrogens with zero attached hydrogens (tertiary/aromatic N) is 4. The van der Waals surface area contributed by atoms with Crippen LogP contribution in [0.15, 0.2) is 65.2 Å². The van der Waals surface area contributed by atoms with Gasteiger partial charge in [-0.15, -0.1) is 0 Å². The molecule has 0 amide bonds. The highest BCUT2D eigenvalue weighted by Crippen LogP contribution is 2.31. The van der Waals surface area contributed by atoms with E-state index in [1.165, 1.54) is 11.1 Å². The Morgan fingerprint density at radius 1 is 0.800 bits per heavy atom. The highest BCUT2D eigenvalue weighted by atomic mass is 16.5. The van der Waals surface area contributed by atoms with E-state index in [9.17, 15) is 0 Å². The molecule has 1 fully saturated rings. The molecular weight excluding hydrogens is 372 g/mol. The minimum atomic E-state index is -0.0985. The smallest absolute Gasteiger partial charge is 0.243 e. The molecule has 5 nitrogen and oxygen atoms in total. The Morgan fingerprint density at radius 2 is 1.30 bits per heavy atom. The zero-order chi connectivity index (χ0) is 21.1. The second kappa shape index (κ2) is 8.70. The SMILES string of the molecule is CC(c1nc(C(C)(C)C)no1)N1CCN(C(c2ccccc2)c2ccccc2)CC1. The number of hydrogen-bond acceptors (Lipinski definition) is 5. The quantitative estimate of drug-likeness (QED) is 0.609. The van der Waals surface area contributed by atoms with Gasteiger partial charge in [0, 0.05) is 31.6 Å². The molecule has 30 heavy (non-hydrogen) atoms. The lowest BCUT2D eigenvalue weighted by Gasteiger charge is -2.41. The second-order valence-electron chi connectivity index (χ2n) is 9.18. The largest absolute Gasteiger partial charge is 0.338 e. The van der Waals surface area contributed by atoms with Gasteiger partial charge in [0.2, 0.25) is 5.89 Å². The van der Waals surface area contributed by atoms with Gasteiger partial charge in [0.05, 0.1) is 12.1 Å². The molecule has 0 radical (unpaired) electrons. The summed E-state index contributed by atoms with van der Waals surface area (Å²) in [5.41, 5.74) is 2.59. The van der Waals surface area contributed by atoms with Crippen molar-refractivity contribution < 1.29 is 4.52 Å². The molecule has 5 heteroatoms. The van der Waals surface area contributed by atoms with Crippen molar-refractivity contribution in [2.45, 2.75) is 45.2 Å². The van der Waals surface area contributed by atoms with E-state index in [-0.39, 0.29) is 17.5 Å². The summed E-state index contributed by atoms with van der Waals surface area (Å²) in [5, 5.41) is 4.20. The molecule has 0 aliphatic carbocycles. The van der Waals surface area contributed by atoms with Gasteiger partial charge in [-0.3, -0.25) is 9.80 Å². The molecule has 1 aliphatic rings. The maximum Gasteiger partial charge on any atom is 0.243 e. The molecule has 0 spiro atoms. The lowest BCUT2D eigenvalue weighted by atomic mass is 9.96. The average Bonchev–Trinajstić information content (AvgIpc) is 3.27. The summed E-state index contributed by atoms with van der Waals surface area (Å²) in [4.78, 5) is 9.71. The molecule has 158 valence electrons. The Morgan fingerprint density at radius 3 is 1.77 bits per heavy atom. The summed E-state index contributed by atoms with van der Waals surface area (Å²) in [6.45, 7) is 12.4. The molecule has 2 heterocycles. The second-order valence-corrected chi connectivity index (χ2v) is 9.18. The molecular formula is C25H32N4O. The molecule has 2 aromatic carbocycles. The molecule has 1 aliphatic heterocycles. The van der Waals surface area contributed by atoms with Crippen molar-refractivity contribution in [3.05, 3.63) is 83.5 Å². The Balaban J connectivity index is 1.48. The maximum atomic E-state index is 5.60. The van der Waals surface area contributed by atoms with Gasteiger partial charge in [-0.1, -0.05) is 86.6 Å². The van der Waals surface area contributed by atoms with Crippen molar-refractivity contribution in [3.8, 4) is 0 Å². The van der Waals surface area contributed by atoms with Gasteiger partial charge >= 0.3 is 0 Å². The molecule has 1 saturated heterocycles. The van der Waals surface area contributed by atoms with Crippen LogP contribution in [-0.4, -0.2) is 46.1 Å². The number of piperazine rings is 1. The number of aromatic nitrogens is 2. The molecule has 4 rings (SSSR count). The van der Waals surface area contributed by atoms with E-state index in [1.54, 1.807) is 0 Å². The monoisotopic (exact) mass is 404 g/mol. The first-order chi connectivity index (χ1) is 14.4. The zero-order valence-electron chi connectivity index (χ0n) is 18.5. The van der Waals surface area contributed by atoms with Crippen molar-refractivity contribution in [2.24, 2.45) is 0 Å². The van der Waals surface area contributed by atoms with Gasteiger partial charge < -0.3 is 4.52 Å². The minimum Gasteiger partial charge on any atom is -0.338 e. The third kappa shape index (κ3) is 4.47. The van der Waals surface area contributed by atoms with E-state index >= 15 is 0 Å². The fraction of sp³-hybridized carbons (Fsp3) is 0.440. The molecule has 1 aromatic heterocycles. The summed E-state index contributed by atoms with van der Waals surface area (Å²) in [5.74, 6) is 1.49. The lowest BCUT2D eigenvalue weighted by molar-refractivity contribution is 0.0726. The van der Waals surface area contributed by atoms with E-state index < -0.39 is 0 Å². The van der Waals surface area contributed by atoms with E-state index in [4.69, 9.17) is 4.52 Å². The number of benzene rings is 2. The molecule has 1 atom stereocenters. The van der Waals surface area contributed by atoms with Crippen LogP contribution in [0, 0.1) is 0 Å². The van der Waals surface area contributed by atoms with Gasteiger partial charge in [-0.2, -0.15) is 4.98 Å². The zero-order valence-corrected chi connectivity index (χ0v) is 18.5. The first kappa shape index (κ1) is 20.8. The van der Waals surface area contributed by atoms with E-state index in [0.29, 0.717) is 0 Å². The highest BCUT2D eigenvalue weighted by Gasteiger charge is 2.31. The fourth-order valence-electron chi connectivity index (χ4n) is 4.13. The van der Waals surface area contributed by atoms with Crippen molar-refractivity contribution >= 4 is 0 Å². The summed E-state index contributed by atoms with van der Waals surface area (Å²) < 4.78 is 5.60. The Kier molecular flexibility index (Phi) is 6.02. The topological polar surface area (TPSA) is 45.4 Å². The predicted molar refractivity (Wildman–Crippen MR) is 119 cm³/mol. The molecule has 3 aromatic rings. The van der Waals surface area contributed by atoms with Crippen LogP contribution >= 0.6 is 0 Å². The summed E-state index contributed by atoms with van der Waals surface area (Å²) in [6, 6.07) is 22.0. The van der Waals surface area contributed by atoms with Gasteiger partial charge in [-0.25, -0.2) is 0 Å². The molecule has 0 N–H and O–H groups in total. The molecule has 1 unspecified atom stereocenters. The van der Waals surface area contributed by atoms with Crippen LogP contribution in [-0.2, 0) is 5.41 Å². The van der Waals surface area contributed by atoms with Gasteiger partial charge in [-0.05, 0) is 18.1 Å². The third-order valence-corrected chi connectivity index (χ3v) is 5.96. The standard InChI is InChI=1S/C25H32N4O/c1-19(23-26-24(27-30-23)25(2,3)4)28-15-17-29(18-16-28)22(20-11-7-5-8-12-20)21-13-9-6-10-14-21/h5-14,19,22H,15-18H2,1-4H3. The van der Waals surface area contributed by atoms with Gasteiger partial charge in [0.15, 0.2) is 5.82 Å². The van der Waals surface area contributed by atoms with E-state index in [1.807, 2.05) is 0 Å². The Labute approximate surface area is 179 Å². The van der Waals surface area contributed by atoms with Crippen LogP contribution in [0.3, 0.4) is 0 Å². The summed E-state index contributed by atoms with van der Waals surface area (Å²) in [6.07, 6.45) is 0. The van der Waals surface area contributed by atoms with Crippen molar-refractivity contribution in [1.29, 1.82) is 0 Å². The van der Waals surface area contributed by atoms with Crippen LogP contribution < -0.4 is 0 Å². The van der Waals surface area contributed by atoms with Crippen molar-refractivity contribution in [3.63, 3.8) is 0 Å². The lowest BCUT2D eigenvalue weighted by Crippen LogP contribution is -2.48. The van der Waals surface area contributed by atoms with Crippen molar-refractivity contribution in [2.75, 3.05) is 26.2 Å². The average molecular weight is 405 g/mol. The Bertz CT molecular complexity index is 885. The normalized spacial score (nSPS) is 17.4. The number of hydrogen-bond donors (Lipinski definition) is 0. The van der Waals surface area contributed by atoms with Crippen LogP contribution in [0.1, 0.15) is 62.6 Å².